The third kappa shape index (κ3) is 1.19. The van der Waals surface area contributed by atoms with E-state index in [1.165, 1.54) is 0 Å². The Hall–Kier alpha value is -0.320. The Balaban J connectivity index is 1.92. The first kappa shape index (κ1) is 9.87. The minimum Gasteiger partial charge on any atom is -0.481 e. The second kappa shape index (κ2) is 3.09. The van der Waals surface area contributed by atoms with E-state index in [2.05, 4.69) is 0 Å². The van der Waals surface area contributed by atoms with Crippen LogP contribution in [-0.2, 0) is 14.3 Å². The van der Waals surface area contributed by atoms with E-state index in [1.54, 1.807) is 0 Å². The standard InChI is InChI=1S/C10H13ClO4/c11-7-3-6-8(9(12)13)5(7)4-10(6)14-1-2-15-10/h5-8H,1-4H2,(H,12,13)/t5-,6-,7-,8-/m0/s1. The number of carboxylic acid groups (broad SMARTS) is 1. The van der Waals surface area contributed by atoms with Gasteiger partial charge in [-0.25, -0.2) is 0 Å². The van der Waals surface area contributed by atoms with E-state index < -0.39 is 11.8 Å². The van der Waals surface area contributed by atoms with Crippen LogP contribution < -0.4 is 0 Å². The molecule has 5 heteroatoms. The molecular formula is C10H13ClO4. The molecule has 2 bridgehead atoms. The first-order chi connectivity index (χ1) is 7.14. The summed E-state index contributed by atoms with van der Waals surface area (Å²) >= 11 is 6.13. The quantitative estimate of drug-likeness (QED) is 0.688. The lowest BCUT2D eigenvalue weighted by Crippen LogP contribution is -2.39. The number of aliphatic carboxylic acids is 1. The summed E-state index contributed by atoms with van der Waals surface area (Å²) in [5.41, 5.74) is 0. The summed E-state index contributed by atoms with van der Waals surface area (Å²) in [6, 6.07) is 0. The Morgan fingerprint density at radius 3 is 2.60 bits per heavy atom. The number of rotatable bonds is 1. The lowest BCUT2D eigenvalue weighted by atomic mass is 9.93. The van der Waals surface area contributed by atoms with Crippen molar-refractivity contribution in [2.45, 2.75) is 24.0 Å². The van der Waals surface area contributed by atoms with Crippen molar-refractivity contribution in [3.8, 4) is 0 Å². The van der Waals surface area contributed by atoms with Crippen LogP contribution in [0.3, 0.4) is 0 Å². The lowest BCUT2D eigenvalue weighted by Gasteiger charge is -2.33. The first-order valence-corrected chi connectivity index (χ1v) is 5.72. The summed E-state index contributed by atoms with van der Waals surface area (Å²) in [7, 11) is 0. The zero-order chi connectivity index (χ0) is 10.6. The van der Waals surface area contributed by atoms with Crippen LogP contribution in [0.5, 0.6) is 0 Å². The third-order valence-electron chi connectivity index (χ3n) is 3.98. The molecule has 0 unspecified atom stereocenters. The van der Waals surface area contributed by atoms with Crippen LogP contribution in [0.15, 0.2) is 0 Å². The van der Waals surface area contributed by atoms with Gasteiger partial charge in [0, 0.05) is 17.7 Å². The van der Waals surface area contributed by atoms with Crippen molar-refractivity contribution >= 4 is 17.6 Å². The van der Waals surface area contributed by atoms with Gasteiger partial charge in [-0.2, -0.15) is 0 Å². The van der Waals surface area contributed by atoms with Crippen molar-refractivity contribution in [1.29, 1.82) is 0 Å². The minimum atomic E-state index is -0.760. The number of carbonyl (C=O) groups is 1. The third-order valence-corrected chi connectivity index (χ3v) is 4.49. The van der Waals surface area contributed by atoms with E-state index in [9.17, 15) is 9.90 Å². The maximum absolute atomic E-state index is 11.2. The molecule has 3 aliphatic rings. The molecule has 2 saturated carbocycles. The molecule has 3 rings (SSSR count). The van der Waals surface area contributed by atoms with E-state index in [-0.39, 0.29) is 23.1 Å². The maximum Gasteiger partial charge on any atom is 0.307 e. The fraction of sp³-hybridized carbons (Fsp3) is 0.900. The molecule has 2 aliphatic carbocycles. The number of hydrogen-bond acceptors (Lipinski definition) is 3. The fourth-order valence-electron chi connectivity index (χ4n) is 3.43. The Bertz CT molecular complexity index is 300. The second-order valence-corrected chi connectivity index (χ2v) is 5.16. The summed E-state index contributed by atoms with van der Waals surface area (Å²) in [6.45, 7) is 1.14. The smallest absolute Gasteiger partial charge is 0.307 e. The van der Waals surface area contributed by atoms with Gasteiger partial charge in [0.15, 0.2) is 5.79 Å². The average Bonchev–Trinajstić information content (AvgIpc) is 2.81. The van der Waals surface area contributed by atoms with Gasteiger partial charge >= 0.3 is 5.97 Å². The van der Waals surface area contributed by atoms with E-state index >= 15 is 0 Å². The monoisotopic (exact) mass is 232 g/mol. The van der Waals surface area contributed by atoms with Crippen LogP contribution >= 0.6 is 11.6 Å². The molecule has 15 heavy (non-hydrogen) atoms. The molecule has 0 radical (unpaired) electrons. The number of hydrogen-bond donors (Lipinski definition) is 1. The molecule has 1 heterocycles. The maximum atomic E-state index is 11.2. The minimum absolute atomic E-state index is 0.00673. The van der Waals surface area contributed by atoms with Gasteiger partial charge in [-0.3, -0.25) is 4.79 Å². The summed E-state index contributed by atoms with van der Waals surface area (Å²) in [5, 5.41) is 9.15. The van der Waals surface area contributed by atoms with E-state index in [0.717, 1.165) is 0 Å². The van der Waals surface area contributed by atoms with Gasteiger partial charge in [0.05, 0.1) is 19.1 Å². The highest BCUT2D eigenvalue weighted by Gasteiger charge is 2.65. The number of fused-ring (bicyclic) bond motifs is 3. The SMILES string of the molecule is O=C(O)[C@H]1[C@H]2CC3(OCCO3)[C@H]1C[C@@H]2Cl. The number of ether oxygens (including phenoxy) is 2. The van der Waals surface area contributed by atoms with Gasteiger partial charge < -0.3 is 14.6 Å². The normalized spacial score (nSPS) is 46.5. The van der Waals surface area contributed by atoms with Crippen LogP contribution in [0.25, 0.3) is 0 Å². The van der Waals surface area contributed by atoms with Crippen molar-refractivity contribution in [1.82, 2.24) is 0 Å². The molecule has 0 amide bonds. The Morgan fingerprint density at radius 2 is 2.07 bits per heavy atom. The van der Waals surface area contributed by atoms with Gasteiger partial charge in [-0.05, 0) is 12.3 Å². The second-order valence-electron chi connectivity index (χ2n) is 4.60. The Morgan fingerprint density at radius 1 is 1.40 bits per heavy atom. The highest BCUT2D eigenvalue weighted by Crippen LogP contribution is 2.59. The predicted octanol–water partition coefficient (Wildman–Crippen LogP) is 1.08. The molecule has 1 aliphatic heterocycles. The van der Waals surface area contributed by atoms with E-state index in [4.69, 9.17) is 21.1 Å². The molecule has 0 aromatic rings. The summed E-state index contributed by atoms with van der Waals surface area (Å²) < 4.78 is 11.2. The number of carboxylic acids is 1. The molecule has 1 saturated heterocycles. The van der Waals surface area contributed by atoms with Crippen LogP contribution in [0.4, 0.5) is 0 Å². The van der Waals surface area contributed by atoms with Crippen molar-refractivity contribution in [3.63, 3.8) is 0 Å². The van der Waals surface area contributed by atoms with Crippen LogP contribution in [0.1, 0.15) is 12.8 Å². The summed E-state index contributed by atoms with van der Waals surface area (Å²) in [4.78, 5) is 11.2. The van der Waals surface area contributed by atoms with Gasteiger partial charge in [-0.15, -0.1) is 11.6 Å². The predicted molar refractivity (Wildman–Crippen MR) is 51.6 cm³/mol. The highest BCUT2D eigenvalue weighted by molar-refractivity contribution is 6.21. The molecule has 1 spiro atoms. The zero-order valence-corrected chi connectivity index (χ0v) is 8.94. The van der Waals surface area contributed by atoms with Crippen molar-refractivity contribution in [2.24, 2.45) is 17.8 Å². The van der Waals surface area contributed by atoms with Crippen molar-refractivity contribution in [3.05, 3.63) is 0 Å². The largest absolute Gasteiger partial charge is 0.481 e. The fourth-order valence-corrected chi connectivity index (χ4v) is 3.87. The number of halogens is 1. The molecular weight excluding hydrogens is 220 g/mol. The topological polar surface area (TPSA) is 55.8 Å². The van der Waals surface area contributed by atoms with Crippen LogP contribution in [-0.4, -0.2) is 35.5 Å². The molecule has 4 atom stereocenters. The van der Waals surface area contributed by atoms with Gasteiger partial charge in [0.1, 0.15) is 0 Å². The molecule has 4 nitrogen and oxygen atoms in total. The zero-order valence-electron chi connectivity index (χ0n) is 8.19. The van der Waals surface area contributed by atoms with Gasteiger partial charge in [-0.1, -0.05) is 0 Å². The molecule has 0 aromatic carbocycles. The Kier molecular flexibility index (Phi) is 2.03. The van der Waals surface area contributed by atoms with Crippen LogP contribution in [0.2, 0.25) is 0 Å². The lowest BCUT2D eigenvalue weighted by molar-refractivity contribution is -0.195. The van der Waals surface area contributed by atoms with Crippen molar-refractivity contribution in [2.75, 3.05) is 13.2 Å². The van der Waals surface area contributed by atoms with Crippen molar-refractivity contribution < 1.29 is 19.4 Å². The van der Waals surface area contributed by atoms with Crippen LogP contribution in [0, 0.1) is 17.8 Å². The van der Waals surface area contributed by atoms with Gasteiger partial charge in [0.2, 0.25) is 0 Å². The van der Waals surface area contributed by atoms with E-state index in [0.29, 0.717) is 26.1 Å². The molecule has 1 N–H and O–H groups in total. The van der Waals surface area contributed by atoms with Gasteiger partial charge in [0.25, 0.3) is 0 Å². The highest BCUT2D eigenvalue weighted by atomic mass is 35.5. The van der Waals surface area contributed by atoms with E-state index in [1.807, 2.05) is 0 Å². The molecule has 3 fully saturated rings. The summed E-state index contributed by atoms with van der Waals surface area (Å²) in [5.74, 6) is -1.83. The Labute approximate surface area is 92.5 Å². The molecule has 84 valence electrons. The number of alkyl halides is 1. The first-order valence-electron chi connectivity index (χ1n) is 5.29. The summed E-state index contributed by atoms with van der Waals surface area (Å²) in [6.07, 6.45) is 1.34. The molecule has 0 aromatic heterocycles. The average molecular weight is 233 g/mol.